The van der Waals surface area contributed by atoms with Crippen LogP contribution in [0.15, 0.2) is 48.0 Å². The second-order valence-electron chi connectivity index (χ2n) is 10.6. The zero-order valence-corrected chi connectivity index (χ0v) is 24.0. The van der Waals surface area contributed by atoms with E-state index in [1.54, 1.807) is 53.7 Å². The van der Waals surface area contributed by atoms with Crippen molar-refractivity contribution >= 4 is 28.9 Å². The molecule has 0 aliphatic carbocycles. The third-order valence-electron chi connectivity index (χ3n) is 7.77. The molecule has 9 nitrogen and oxygen atoms in total. The van der Waals surface area contributed by atoms with Gasteiger partial charge in [-0.15, -0.1) is 11.3 Å². The van der Waals surface area contributed by atoms with E-state index in [0.29, 0.717) is 56.8 Å². The van der Waals surface area contributed by atoms with Gasteiger partial charge in [-0.3, -0.25) is 24.3 Å². The van der Waals surface area contributed by atoms with Crippen molar-refractivity contribution in [2.75, 3.05) is 33.3 Å². The second kappa shape index (κ2) is 12.9. The van der Waals surface area contributed by atoms with Crippen LogP contribution in [0.1, 0.15) is 62.6 Å². The molecule has 1 aromatic carbocycles. The Morgan fingerprint density at radius 3 is 2.41 bits per heavy atom. The average Bonchev–Trinajstić information content (AvgIpc) is 3.42. The van der Waals surface area contributed by atoms with Gasteiger partial charge in [-0.05, 0) is 62.6 Å². The van der Waals surface area contributed by atoms with Crippen LogP contribution in [-0.4, -0.2) is 82.9 Å². The van der Waals surface area contributed by atoms with E-state index in [9.17, 15) is 18.8 Å². The highest BCUT2D eigenvalue weighted by Gasteiger charge is 2.32. The highest BCUT2D eigenvalue weighted by atomic mass is 32.1. The third kappa shape index (κ3) is 6.97. The predicted octanol–water partition coefficient (Wildman–Crippen LogP) is 4.18. The first-order chi connectivity index (χ1) is 19.8. The second-order valence-corrected chi connectivity index (χ2v) is 11.6. The summed E-state index contributed by atoms with van der Waals surface area (Å²) in [5.74, 6) is -0.0223. The monoisotopic (exact) mass is 581 g/mol. The Bertz CT molecular complexity index is 1380. The number of carbonyl (C=O) groups excluding carboxylic acids is 3. The number of benzene rings is 1. The normalized spacial score (nSPS) is 20.0. The summed E-state index contributed by atoms with van der Waals surface area (Å²) in [4.78, 5) is 51.1. The van der Waals surface area contributed by atoms with Gasteiger partial charge in [0.1, 0.15) is 17.6 Å². The van der Waals surface area contributed by atoms with Gasteiger partial charge >= 0.3 is 0 Å². The number of hydrogen-bond acceptors (Lipinski definition) is 8. The standard InChI is InChI=1S/C30H34FN5O4S.H2/c1-19-33-23(18-41-19)16-35-12-11-26(25(31)17-35)34-29(38)22-5-8-27(32-15-22)30(39)36-13-9-21(10-14-36)28(37)20-3-6-24(40-2)7-4-20;/h3-8,15,18,21,25-26H,9-14,16-17H2,1-2H3,(H,34,38);1H. The van der Waals surface area contributed by atoms with Crippen LogP contribution in [0.3, 0.4) is 0 Å². The molecule has 2 unspecified atom stereocenters. The predicted molar refractivity (Wildman–Crippen MR) is 155 cm³/mol. The highest BCUT2D eigenvalue weighted by molar-refractivity contribution is 7.09. The maximum atomic E-state index is 14.9. The lowest BCUT2D eigenvalue weighted by Gasteiger charge is -2.34. The van der Waals surface area contributed by atoms with E-state index >= 15 is 0 Å². The number of alkyl halides is 1. The van der Waals surface area contributed by atoms with Crippen LogP contribution in [-0.2, 0) is 6.54 Å². The SMILES string of the molecule is COc1ccc(C(=O)C2CCN(C(=O)c3ccc(C(=O)NC4CCN(Cc5csc(C)n5)CC4F)cn3)CC2)cc1.[HH]. The zero-order valence-electron chi connectivity index (χ0n) is 23.2. The number of methoxy groups -OCH3 is 1. The Balaban J connectivity index is 0.00000405. The Morgan fingerprint density at radius 1 is 1.07 bits per heavy atom. The first-order valence-electron chi connectivity index (χ1n) is 13.8. The molecule has 2 atom stereocenters. The number of carbonyl (C=O) groups is 3. The van der Waals surface area contributed by atoms with Crippen LogP contribution in [0.25, 0.3) is 0 Å². The molecule has 41 heavy (non-hydrogen) atoms. The first kappa shape index (κ1) is 28.8. The summed E-state index contributed by atoms with van der Waals surface area (Å²) in [6.07, 6.45) is 1.81. The number of ether oxygens (including phenoxy) is 1. The minimum atomic E-state index is -1.19. The van der Waals surface area contributed by atoms with Crippen LogP contribution in [0.2, 0.25) is 0 Å². The van der Waals surface area contributed by atoms with Gasteiger partial charge in [0.25, 0.3) is 11.8 Å². The van der Waals surface area contributed by atoms with Crippen molar-refractivity contribution in [1.29, 1.82) is 0 Å². The summed E-state index contributed by atoms with van der Waals surface area (Å²) >= 11 is 1.58. The molecule has 2 fully saturated rings. The molecule has 2 aliphatic heterocycles. The van der Waals surface area contributed by atoms with Gasteiger partial charge in [-0.1, -0.05) is 0 Å². The van der Waals surface area contributed by atoms with E-state index in [1.165, 1.54) is 12.3 Å². The molecule has 2 saturated heterocycles. The van der Waals surface area contributed by atoms with Crippen molar-refractivity contribution in [2.24, 2.45) is 5.92 Å². The van der Waals surface area contributed by atoms with Gasteiger partial charge in [-0.25, -0.2) is 9.37 Å². The topological polar surface area (TPSA) is 105 Å². The third-order valence-corrected chi connectivity index (χ3v) is 8.59. The van der Waals surface area contributed by atoms with Crippen LogP contribution >= 0.6 is 11.3 Å². The molecule has 2 aliphatic rings. The number of nitrogens with one attached hydrogen (secondary N) is 1. The molecule has 2 amide bonds. The highest BCUT2D eigenvalue weighted by Crippen LogP contribution is 2.24. The van der Waals surface area contributed by atoms with E-state index in [4.69, 9.17) is 4.74 Å². The molecule has 1 N–H and O–H groups in total. The quantitative estimate of drug-likeness (QED) is 0.398. The number of halogens is 1. The summed E-state index contributed by atoms with van der Waals surface area (Å²) in [6.45, 7) is 4.34. The lowest BCUT2D eigenvalue weighted by Crippen LogP contribution is -2.52. The van der Waals surface area contributed by atoms with E-state index in [-0.39, 0.29) is 36.8 Å². The van der Waals surface area contributed by atoms with Gasteiger partial charge in [0, 0.05) is 57.2 Å². The van der Waals surface area contributed by atoms with E-state index in [2.05, 4.69) is 15.3 Å². The number of ketones is 1. The maximum Gasteiger partial charge on any atom is 0.272 e. The Morgan fingerprint density at radius 2 is 1.80 bits per heavy atom. The molecule has 3 aromatic rings. The minimum Gasteiger partial charge on any atom is -0.497 e. The zero-order chi connectivity index (χ0) is 28.9. The number of pyridine rings is 1. The van der Waals surface area contributed by atoms with Crippen molar-refractivity contribution in [3.63, 3.8) is 0 Å². The average molecular weight is 582 g/mol. The van der Waals surface area contributed by atoms with Crippen molar-refractivity contribution in [2.45, 2.75) is 44.9 Å². The maximum absolute atomic E-state index is 14.9. The Kier molecular flexibility index (Phi) is 9.04. The Labute approximate surface area is 244 Å². The number of nitrogens with zero attached hydrogens (tertiary/aromatic N) is 4. The molecular weight excluding hydrogens is 545 g/mol. The molecule has 0 radical (unpaired) electrons. The number of amides is 2. The lowest BCUT2D eigenvalue weighted by atomic mass is 9.88. The molecule has 4 heterocycles. The molecular formula is C30H36FN5O4S. The molecule has 0 saturated carbocycles. The molecule has 218 valence electrons. The van der Waals surface area contributed by atoms with Crippen molar-refractivity contribution in [1.82, 2.24) is 25.1 Å². The van der Waals surface area contributed by atoms with Crippen molar-refractivity contribution in [3.8, 4) is 5.75 Å². The summed E-state index contributed by atoms with van der Waals surface area (Å²) in [5, 5.41) is 5.77. The summed E-state index contributed by atoms with van der Waals surface area (Å²) in [5.41, 5.74) is 2.09. The van der Waals surface area contributed by atoms with Crippen LogP contribution < -0.4 is 10.1 Å². The van der Waals surface area contributed by atoms with Crippen molar-refractivity contribution < 1.29 is 24.9 Å². The fraction of sp³-hybridized carbons (Fsp3) is 0.433. The van der Waals surface area contributed by atoms with Gasteiger partial charge < -0.3 is 15.0 Å². The number of thiazole rings is 1. The van der Waals surface area contributed by atoms with E-state index in [1.807, 2.05) is 17.2 Å². The van der Waals surface area contributed by atoms with E-state index in [0.717, 1.165) is 10.7 Å². The van der Waals surface area contributed by atoms with Crippen LogP contribution in [0.4, 0.5) is 4.39 Å². The minimum absolute atomic E-state index is 0. The smallest absolute Gasteiger partial charge is 0.272 e. The van der Waals surface area contributed by atoms with Crippen LogP contribution in [0, 0.1) is 12.8 Å². The fourth-order valence-electron chi connectivity index (χ4n) is 5.39. The molecule has 5 rings (SSSR count). The number of aromatic nitrogens is 2. The molecule has 2 aromatic heterocycles. The van der Waals surface area contributed by atoms with Crippen molar-refractivity contribution in [3.05, 3.63) is 75.5 Å². The van der Waals surface area contributed by atoms with E-state index < -0.39 is 18.1 Å². The lowest BCUT2D eigenvalue weighted by molar-refractivity contribution is 0.0645. The van der Waals surface area contributed by atoms with Gasteiger partial charge in [0.2, 0.25) is 0 Å². The van der Waals surface area contributed by atoms with Gasteiger partial charge in [0.05, 0.1) is 29.4 Å². The number of aryl methyl sites for hydroxylation is 1. The summed E-state index contributed by atoms with van der Waals surface area (Å²) in [7, 11) is 1.58. The van der Waals surface area contributed by atoms with Gasteiger partial charge in [-0.2, -0.15) is 0 Å². The Hall–Kier alpha value is -3.70. The number of likely N-dealkylation sites (tertiary alicyclic amines) is 2. The largest absolute Gasteiger partial charge is 0.497 e. The number of piperidine rings is 2. The first-order valence-corrected chi connectivity index (χ1v) is 14.7. The number of rotatable bonds is 8. The summed E-state index contributed by atoms with van der Waals surface area (Å²) < 4.78 is 20.1. The number of hydrogen-bond donors (Lipinski definition) is 1. The summed E-state index contributed by atoms with van der Waals surface area (Å²) in [6, 6.07) is 9.56. The molecule has 11 heteroatoms. The number of Topliss-reactive ketones (excluding diaryl/α,β-unsaturated/α-hetero) is 1. The van der Waals surface area contributed by atoms with Gasteiger partial charge in [0.15, 0.2) is 5.78 Å². The molecule has 0 spiro atoms. The van der Waals surface area contributed by atoms with Crippen LogP contribution in [0.5, 0.6) is 5.75 Å². The fourth-order valence-corrected chi connectivity index (χ4v) is 5.99. The molecule has 0 bridgehead atoms.